The Morgan fingerprint density at radius 1 is 1.08 bits per heavy atom. The fourth-order valence-corrected chi connectivity index (χ4v) is 3.22. The second-order valence-corrected chi connectivity index (χ2v) is 8.06. The van der Waals surface area contributed by atoms with Crippen LogP contribution in [0.5, 0.6) is 11.5 Å². The van der Waals surface area contributed by atoms with Crippen molar-refractivity contribution in [3.8, 4) is 11.5 Å². The monoisotopic (exact) mass is 361 g/mol. The lowest BCUT2D eigenvalue weighted by Gasteiger charge is -2.31. The van der Waals surface area contributed by atoms with Gasteiger partial charge in [0, 0.05) is 11.9 Å². The first kappa shape index (κ1) is 17.3. The van der Waals surface area contributed by atoms with Crippen molar-refractivity contribution in [1.29, 1.82) is 0 Å². The number of anilines is 1. The summed E-state index contributed by atoms with van der Waals surface area (Å²) in [5.41, 5.74) is 1.19. The van der Waals surface area contributed by atoms with Crippen LogP contribution in [0.15, 0.2) is 47.4 Å². The molecular formula is C18H19NO5S. The molecule has 0 bridgehead atoms. The Bertz CT molecular complexity index is 923. The van der Waals surface area contributed by atoms with Crippen molar-refractivity contribution in [3.63, 3.8) is 0 Å². The molecule has 1 N–H and O–H groups in total. The molecule has 0 fully saturated rings. The van der Waals surface area contributed by atoms with Crippen LogP contribution >= 0.6 is 0 Å². The summed E-state index contributed by atoms with van der Waals surface area (Å²) >= 11 is 0. The van der Waals surface area contributed by atoms with Crippen molar-refractivity contribution < 1.29 is 22.7 Å². The van der Waals surface area contributed by atoms with Gasteiger partial charge in [-0.3, -0.25) is 4.79 Å². The number of amides is 1. The van der Waals surface area contributed by atoms with Crippen LogP contribution in [0.25, 0.3) is 0 Å². The number of carbonyl (C=O) groups excluding carboxylic acids is 1. The number of sulfone groups is 1. The number of fused-ring (bicyclic) bond motifs is 1. The molecule has 0 saturated heterocycles. The molecule has 0 saturated carbocycles. The first-order valence-electron chi connectivity index (χ1n) is 7.79. The van der Waals surface area contributed by atoms with Crippen molar-refractivity contribution in [3.05, 3.63) is 48.0 Å². The van der Waals surface area contributed by atoms with Crippen molar-refractivity contribution in [2.24, 2.45) is 0 Å². The fourth-order valence-electron chi connectivity index (χ4n) is 2.58. The number of aryl methyl sites for hydroxylation is 1. The summed E-state index contributed by atoms with van der Waals surface area (Å²) in [6, 6.07) is 11.8. The highest BCUT2D eigenvalue weighted by molar-refractivity contribution is 7.90. The molecule has 1 heterocycles. The molecule has 7 heteroatoms. The van der Waals surface area contributed by atoms with E-state index in [1.165, 1.54) is 12.1 Å². The normalized spacial score (nSPS) is 19.3. The molecule has 2 aromatic rings. The van der Waals surface area contributed by atoms with Crippen LogP contribution in [0.2, 0.25) is 0 Å². The maximum Gasteiger partial charge on any atom is 0.269 e. The zero-order chi connectivity index (χ0) is 18.2. The molecule has 6 nitrogen and oxygen atoms in total. The fraction of sp³-hybridized carbons (Fsp3) is 0.278. The summed E-state index contributed by atoms with van der Waals surface area (Å²) in [6.45, 7) is 3.54. The zero-order valence-electron chi connectivity index (χ0n) is 14.1. The van der Waals surface area contributed by atoms with Crippen molar-refractivity contribution >= 4 is 21.4 Å². The number of rotatable bonds is 3. The number of carbonyl (C=O) groups is 1. The molecule has 1 aliphatic heterocycles. The smallest absolute Gasteiger partial charge is 0.269 e. The highest BCUT2D eigenvalue weighted by Gasteiger charge is 2.34. The van der Waals surface area contributed by atoms with Crippen molar-refractivity contribution in [2.75, 3.05) is 11.6 Å². The van der Waals surface area contributed by atoms with E-state index in [1.54, 1.807) is 38.1 Å². The topological polar surface area (TPSA) is 81.7 Å². The van der Waals surface area contributed by atoms with Crippen molar-refractivity contribution in [1.82, 2.24) is 0 Å². The summed E-state index contributed by atoms with van der Waals surface area (Å²) in [5, 5.41) is 2.75. The third-order valence-electron chi connectivity index (χ3n) is 4.00. The van der Waals surface area contributed by atoms with E-state index in [2.05, 4.69) is 5.32 Å². The summed E-state index contributed by atoms with van der Waals surface area (Å²) in [5.74, 6) is 0.701. The molecule has 2 atom stereocenters. The second-order valence-electron chi connectivity index (χ2n) is 6.05. The van der Waals surface area contributed by atoms with Gasteiger partial charge in [-0.2, -0.15) is 0 Å². The van der Waals surface area contributed by atoms with E-state index in [9.17, 15) is 13.2 Å². The van der Waals surface area contributed by atoms with Gasteiger partial charge in [0.2, 0.25) is 6.10 Å². The minimum Gasteiger partial charge on any atom is -0.482 e. The molecule has 2 unspecified atom stereocenters. The average Bonchev–Trinajstić information content (AvgIpc) is 2.55. The Morgan fingerprint density at radius 3 is 2.36 bits per heavy atom. The molecular weight excluding hydrogens is 342 g/mol. The lowest BCUT2D eigenvalue weighted by atomic mass is 10.1. The molecule has 25 heavy (non-hydrogen) atoms. The van der Waals surface area contributed by atoms with Gasteiger partial charge in [0.15, 0.2) is 21.3 Å². The number of ether oxygens (including phenoxy) is 2. The minimum atomic E-state index is -3.36. The maximum absolute atomic E-state index is 12.6. The van der Waals surface area contributed by atoms with Gasteiger partial charge in [0.25, 0.3) is 5.91 Å². The third-order valence-corrected chi connectivity index (χ3v) is 5.11. The van der Waals surface area contributed by atoms with Gasteiger partial charge < -0.3 is 14.8 Å². The SMILES string of the molecule is Cc1ccc(S(C)(=O)=O)cc1NC(=O)C1Oc2ccccc2OC1C. The Morgan fingerprint density at radius 2 is 1.72 bits per heavy atom. The molecule has 1 amide bonds. The Kier molecular flexibility index (Phi) is 4.43. The van der Waals surface area contributed by atoms with Crippen LogP contribution in [-0.2, 0) is 14.6 Å². The van der Waals surface area contributed by atoms with E-state index >= 15 is 0 Å². The van der Waals surface area contributed by atoms with Crippen LogP contribution in [0.3, 0.4) is 0 Å². The Hall–Kier alpha value is -2.54. The predicted molar refractivity (Wildman–Crippen MR) is 93.9 cm³/mol. The van der Waals surface area contributed by atoms with E-state index in [-0.39, 0.29) is 4.90 Å². The quantitative estimate of drug-likeness (QED) is 0.909. The molecule has 1 aliphatic rings. The van der Waals surface area contributed by atoms with Crippen LogP contribution in [-0.4, -0.2) is 32.8 Å². The number of para-hydroxylation sites is 2. The largest absolute Gasteiger partial charge is 0.482 e. The van der Waals surface area contributed by atoms with E-state index in [0.717, 1.165) is 11.8 Å². The van der Waals surface area contributed by atoms with E-state index < -0.39 is 28.0 Å². The summed E-state index contributed by atoms with van der Waals surface area (Å²) in [6.07, 6.45) is -0.190. The molecule has 2 aromatic carbocycles. The highest BCUT2D eigenvalue weighted by atomic mass is 32.2. The average molecular weight is 361 g/mol. The van der Waals surface area contributed by atoms with Crippen LogP contribution in [0, 0.1) is 6.92 Å². The van der Waals surface area contributed by atoms with Gasteiger partial charge in [0.1, 0.15) is 6.10 Å². The number of nitrogens with one attached hydrogen (secondary N) is 1. The molecule has 0 aromatic heterocycles. The summed E-state index contributed by atoms with van der Waals surface area (Å²) < 4.78 is 34.9. The van der Waals surface area contributed by atoms with Crippen LogP contribution < -0.4 is 14.8 Å². The van der Waals surface area contributed by atoms with E-state index in [1.807, 2.05) is 6.07 Å². The lowest BCUT2D eigenvalue weighted by Crippen LogP contribution is -2.46. The molecule has 0 aliphatic carbocycles. The second kappa shape index (κ2) is 6.40. The van der Waals surface area contributed by atoms with Gasteiger partial charge in [-0.1, -0.05) is 18.2 Å². The number of hydrogen-bond acceptors (Lipinski definition) is 5. The highest BCUT2D eigenvalue weighted by Crippen LogP contribution is 2.34. The molecule has 3 rings (SSSR count). The third kappa shape index (κ3) is 3.61. The molecule has 132 valence electrons. The first-order valence-corrected chi connectivity index (χ1v) is 9.69. The Balaban J connectivity index is 1.83. The number of benzene rings is 2. The van der Waals surface area contributed by atoms with Crippen LogP contribution in [0.1, 0.15) is 12.5 Å². The maximum atomic E-state index is 12.6. The van der Waals surface area contributed by atoms with Crippen molar-refractivity contribution in [2.45, 2.75) is 31.0 Å². The zero-order valence-corrected chi connectivity index (χ0v) is 15.0. The molecule has 0 radical (unpaired) electrons. The number of hydrogen-bond donors (Lipinski definition) is 1. The van der Waals surface area contributed by atoms with Gasteiger partial charge in [-0.05, 0) is 43.7 Å². The first-order chi connectivity index (χ1) is 11.8. The van der Waals surface area contributed by atoms with Crippen LogP contribution in [0.4, 0.5) is 5.69 Å². The summed E-state index contributed by atoms with van der Waals surface area (Å²) in [4.78, 5) is 12.8. The lowest BCUT2D eigenvalue weighted by molar-refractivity contribution is -0.128. The minimum absolute atomic E-state index is 0.146. The molecule has 0 spiro atoms. The van der Waals surface area contributed by atoms with Gasteiger partial charge in [-0.25, -0.2) is 8.42 Å². The Labute approximate surface area is 146 Å². The van der Waals surface area contributed by atoms with Gasteiger partial charge in [0.05, 0.1) is 4.90 Å². The summed E-state index contributed by atoms with van der Waals surface area (Å²) in [7, 11) is -3.36. The van der Waals surface area contributed by atoms with Gasteiger partial charge in [-0.15, -0.1) is 0 Å². The van der Waals surface area contributed by atoms with Gasteiger partial charge >= 0.3 is 0 Å². The van der Waals surface area contributed by atoms with E-state index in [0.29, 0.717) is 17.2 Å². The predicted octanol–water partition coefficient (Wildman–Crippen LogP) is 2.57. The van der Waals surface area contributed by atoms with E-state index in [4.69, 9.17) is 9.47 Å². The standard InChI is InChI=1S/C18H19NO5S/c1-11-8-9-13(25(3,21)22)10-14(11)19-18(20)17-12(2)23-15-6-4-5-7-16(15)24-17/h4-10,12,17H,1-3H3,(H,19,20).